The second kappa shape index (κ2) is 5.33. The topological polar surface area (TPSA) is 32.3 Å². The summed E-state index contributed by atoms with van der Waals surface area (Å²) in [5.41, 5.74) is 0.905. The zero-order chi connectivity index (χ0) is 14.0. The van der Waals surface area contributed by atoms with Crippen molar-refractivity contribution in [3.63, 3.8) is 0 Å². The summed E-state index contributed by atoms with van der Waals surface area (Å²) in [6.07, 6.45) is 0.896. The van der Waals surface area contributed by atoms with Crippen molar-refractivity contribution >= 4 is 5.91 Å². The second-order valence-electron chi connectivity index (χ2n) is 6.30. The Labute approximate surface area is 116 Å². The molecule has 1 aromatic carbocycles. The quantitative estimate of drug-likeness (QED) is 0.903. The molecule has 0 spiro atoms. The molecule has 104 valence electrons. The van der Waals surface area contributed by atoms with Crippen LogP contribution >= 0.6 is 0 Å². The molecule has 1 heterocycles. The van der Waals surface area contributed by atoms with Crippen molar-refractivity contribution in [1.82, 2.24) is 10.2 Å². The van der Waals surface area contributed by atoms with Crippen LogP contribution in [0.15, 0.2) is 30.3 Å². The lowest BCUT2D eigenvalue weighted by Gasteiger charge is -2.31. The van der Waals surface area contributed by atoms with Gasteiger partial charge in [-0.3, -0.25) is 10.1 Å². The predicted molar refractivity (Wildman–Crippen MR) is 77.4 cm³/mol. The van der Waals surface area contributed by atoms with Crippen molar-refractivity contribution in [3.05, 3.63) is 35.9 Å². The largest absolute Gasteiger partial charge is 0.319 e. The van der Waals surface area contributed by atoms with E-state index in [0.29, 0.717) is 12.5 Å². The standard InChI is InChI=1S/C16H24N2O/c1-12(2)10-14-15(19)18(16(3,4)17-14)11-13-8-6-5-7-9-13/h5-9,12,14,17H,10-11H2,1-4H3/t14-/m0/s1. The minimum atomic E-state index is -0.271. The van der Waals surface area contributed by atoms with E-state index in [1.807, 2.05) is 23.1 Å². The fourth-order valence-corrected chi connectivity index (χ4v) is 2.70. The van der Waals surface area contributed by atoms with Crippen LogP contribution in [-0.2, 0) is 11.3 Å². The fourth-order valence-electron chi connectivity index (χ4n) is 2.70. The molecule has 3 nitrogen and oxygen atoms in total. The Hall–Kier alpha value is -1.35. The lowest BCUT2D eigenvalue weighted by Crippen LogP contribution is -2.46. The van der Waals surface area contributed by atoms with Gasteiger partial charge in [0.15, 0.2) is 0 Å². The molecule has 1 fully saturated rings. The number of carbonyl (C=O) groups excluding carboxylic acids is 1. The van der Waals surface area contributed by atoms with Gasteiger partial charge in [0.05, 0.1) is 11.7 Å². The summed E-state index contributed by atoms with van der Waals surface area (Å²) in [6, 6.07) is 10.1. The van der Waals surface area contributed by atoms with Gasteiger partial charge >= 0.3 is 0 Å². The van der Waals surface area contributed by atoms with Gasteiger partial charge in [0.2, 0.25) is 5.91 Å². The molecule has 1 saturated heterocycles. The third kappa shape index (κ3) is 3.16. The first-order valence-corrected chi connectivity index (χ1v) is 7.03. The van der Waals surface area contributed by atoms with Gasteiger partial charge in [0.25, 0.3) is 0 Å². The lowest BCUT2D eigenvalue weighted by atomic mass is 10.0. The van der Waals surface area contributed by atoms with Crippen molar-refractivity contribution in [1.29, 1.82) is 0 Å². The summed E-state index contributed by atoms with van der Waals surface area (Å²) in [6.45, 7) is 9.14. The number of nitrogens with zero attached hydrogens (tertiary/aromatic N) is 1. The van der Waals surface area contributed by atoms with Crippen molar-refractivity contribution < 1.29 is 4.79 Å². The summed E-state index contributed by atoms with van der Waals surface area (Å²) < 4.78 is 0. The van der Waals surface area contributed by atoms with E-state index in [2.05, 4.69) is 45.1 Å². The van der Waals surface area contributed by atoms with Crippen LogP contribution in [0.5, 0.6) is 0 Å². The molecule has 1 aromatic rings. The van der Waals surface area contributed by atoms with E-state index in [-0.39, 0.29) is 17.6 Å². The van der Waals surface area contributed by atoms with Crippen LogP contribution in [-0.4, -0.2) is 22.5 Å². The van der Waals surface area contributed by atoms with Crippen LogP contribution < -0.4 is 5.32 Å². The Morgan fingerprint density at radius 3 is 2.47 bits per heavy atom. The monoisotopic (exact) mass is 260 g/mol. The SMILES string of the molecule is CC(C)C[C@@H]1NC(C)(C)N(Cc2ccccc2)C1=O. The number of hydrogen-bond acceptors (Lipinski definition) is 2. The third-order valence-corrected chi connectivity index (χ3v) is 3.66. The molecule has 1 aliphatic heterocycles. The van der Waals surface area contributed by atoms with Crippen LogP contribution in [0.25, 0.3) is 0 Å². The highest BCUT2D eigenvalue weighted by atomic mass is 16.2. The highest BCUT2D eigenvalue weighted by molar-refractivity contribution is 5.85. The Bertz CT molecular complexity index is 439. The molecule has 1 amide bonds. The maximum absolute atomic E-state index is 12.5. The maximum Gasteiger partial charge on any atom is 0.241 e. The molecule has 0 saturated carbocycles. The van der Waals surface area contributed by atoms with E-state index in [0.717, 1.165) is 6.42 Å². The zero-order valence-electron chi connectivity index (χ0n) is 12.3. The van der Waals surface area contributed by atoms with E-state index in [1.165, 1.54) is 5.56 Å². The Kier molecular flexibility index (Phi) is 3.95. The van der Waals surface area contributed by atoms with Crippen LogP contribution in [0.2, 0.25) is 0 Å². The summed E-state index contributed by atoms with van der Waals surface area (Å²) in [4.78, 5) is 14.5. The van der Waals surface area contributed by atoms with Gasteiger partial charge < -0.3 is 4.90 Å². The van der Waals surface area contributed by atoms with Gasteiger partial charge in [0.1, 0.15) is 0 Å². The molecule has 0 aromatic heterocycles. The van der Waals surface area contributed by atoms with Gasteiger partial charge in [-0.1, -0.05) is 44.2 Å². The van der Waals surface area contributed by atoms with E-state index in [4.69, 9.17) is 0 Å². The molecule has 19 heavy (non-hydrogen) atoms. The first kappa shape index (κ1) is 14.1. The van der Waals surface area contributed by atoms with Crippen molar-refractivity contribution in [2.24, 2.45) is 5.92 Å². The highest BCUT2D eigenvalue weighted by Gasteiger charge is 2.43. The molecule has 2 rings (SSSR count). The minimum Gasteiger partial charge on any atom is -0.319 e. The molecule has 1 aliphatic rings. The van der Waals surface area contributed by atoms with Crippen LogP contribution in [0.4, 0.5) is 0 Å². The first-order valence-electron chi connectivity index (χ1n) is 7.03. The summed E-state index contributed by atoms with van der Waals surface area (Å²) in [5, 5.41) is 3.46. The summed E-state index contributed by atoms with van der Waals surface area (Å²) >= 11 is 0. The zero-order valence-corrected chi connectivity index (χ0v) is 12.3. The smallest absolute Gasteiger partial charge is 0.241 e. The van der Waals surface area contributed by atoms with Crippen LogP contribution in [0.3, 0.4) is 0 Å². The van der Waals surface area contributed by atoms with Gasteiger partial charge in [0, 0.05) is 6.54 Å². The molecule has 0 bridgehead atoms. The molecule has 1 N–H and O–H groups in total. The maximum atomic E-state index is 12.5. The van der Waals surface area contributed by atoms with Crippen molar-refractivity contribution in [3.8, 4) is 0 Å². The van der Waals surface area contributed by atoms with Crippen molar-refractivity contribution in [2.45, 2.75) is 52.4 Å². The number of hydrogen-bond donors (Lipinski definition) is 1. The van der Waals surface area contributed by atoms with Gasteiger partial charge in [-0.05, 0) is 31.7 Å². The minimum absolute atomic E-state index is 0.0429. The number of rotatable bonds is 4. The van der Waals surface area contributed by atoms with Gasteiger partial charge in [-0.15, -0.1) is 0 Å². The number of nitrogens with one attached hydrogen (secondary N) is 1. The van der Waals surface area contributed by atoms with E-state index in [9.17, 15) is 4.79 Å². The molecule has 3 heteroatoms. The van der Waals surface area contributed by atoms with Gasteiger partial charge in [-0.25, -0.2) is 0 Å². The third-order valence-electron chi connectivity index (χ3n) is 3.66. The molecule has 0 radical (unpaired) electrons. The summed E-state index contributed by atoms with van der Waals surface area (Å²) in [5.74, 6) is 0.747. The normalized spacial score (nSPS) is 22.3. The number of amides is 1. The van der Waals surface area contributed by atoms with E-state index >= 15 is 0 Å². The van der Waals surface area contributed by atoms with E-state index in [1.54, 1.807) is 0 Å². The van der Waals surface area contributed by atoms with Crippen LogP contribution in [0, 0.1) is 5.92 Å². The lowest BCUT2D eigenvalue weighted by molar-refractivity contribution is -0.132. The Balaban J connectivity index is 2.13. The van der Waals surface area contributed by atoms with E-state index < -0.39 is 0 Å². The first-order chi connectivity index (χ1) is 8.90. The van der Waals surface area contributed by atoms with Crippen LogP contribution in [0.1, 0.15) is 39.7 Å². The number of benzene rings is 1. The molecule has 0 unspecified atom stereocenters. The highest BCUT2D eigenvalue weighted by Crippen LogP contribution is 2.26. The second-order valence-corrected chi connectivity index (χ2v) is 6.30. The average Bonchev–Trinajstić information content (AvgIpc) is 2.53. The molecule has 1 atom stereocenters. The molecular formula is C16H24N2O. The van der Waals surface area contributed by atoms with Gasteiger partial charge in [-0.2, -0.15) is 0 Å². The Morgan fingerprint density at radius 2 is 1.89 bits per heavy atom. The number of carbonyl (C=O) groups is 1. The van der Waals surface area contributed by atoms with Crippen molar-refractivity contribution in [2.75, 3.05) is 0 Å². The summed E-state index contributed by atoms with van der Waals surface area (Å²) in [7, 11) is 0. The molecular weight excluding hydrogens is 236 g/mol. The Morgan fingerprint density at radius 1 is 1.26 bits per heavy atom. The predicted octanol–water partition coefficient (Wildman–Crippen LogP) is 2.77. The molecule has 0 aliphatic carbocycles. The fraction of sp³-hybridized carbons (Fsp3) is 0.562. The average molecular weight is 260 g/mol.